The maximum absolute atomic E-state index is 12.0. The quantitative estimate of drug-likeness (QED) is 0.811. The first-order valence-corrected chi connectivity index (χ1v) is 6.02. The van der Waals surface area contributed by atoms with Crippen molar-refractivity contribution < 1.29 is 9.47 Å². The van der Waals surface area contributed by atoms with Crippen molar-refractivity contribution in [2.45, 2.75) is 20.0 Å². The Kier molecular flexibility index (Phi) is 3.89. The third-order valence-electron chi connectivity index (χ3n) is 2.94. The van der Waals surface area contributed by atoms with Crippen molar-refractivity contribution in [1.82, 2.24) is 14.1 Å². The summed E-state index contributed by atoms with van der Waals surface area (Å²) in [5.74, 6) is 1.16. The molecule has 0 fully saturated rings. The fourth-order valence-electron chi connectivity index (χ4n) is 1.94. The highest BCUT2D eigenvalue weighted by Crippen LogP contribution is 2.29. The van der Waals surface area contributed by atoms with Gasteiger partial charge in [-0.1, -0.05) is 0 Å². The van der Waals surface area contributed by atoms with E-state index in [1.54, 1.807) is 48.0 Å². The largest absolute Gasteiger partial charge is 0.493 e. The van der Waals surface area contributed by atoms with Crippen molar-refractivity contribution in [2.75, 3.05) is 14.2 Å². The van der Waals surface area contributed by atoms with E-state index >= 15 is 0 Å². The van der Waals surface area contributed by atoms with Gasteiger partial charge in [0, 0.05) is 31.2 Å². The summed E-state index contributed by atoms with van der Waals surface area (Å²) >= 11 is 0. The second-order valence-corrected chi connectivity index (χ2v) is 3.99. The highest BCUT2D eigenvalue weighted by atomic mass is 16.5. The summed E-state index contributed by atoms with van der Waals surface area (Å²) in [5, 5.41) is 0. The van der Waals surface area contributed by atoms with Crippen LogP contribution in [0.25, 0.3) is 0 Å². The van der Waals surface area contributed by atoms with Crippen molar-refractivity contribution in [1.29, 1.82) is 0 Å². The van der Waals surface area contributed by atoms with E-state index in [0.29, 0.717) is 30.3 Å². The van der Waals surface area contributed by atoms with Crippen molar-refractivity contribution in [3.8, 4) is 11.5 Å². The van der Waals surface area contributed by atoms with Gasteiger partial charge in [-0.3, -0.25) is 14.1 Å². The van der Waals surface area contributed by atoms with E-state index in [0.717, 1.165) is 0 Å². The monoisotopic (exact) mass is 263 g/mol. The number of imidazole rings is 1. The van der Waals surface area contributed by atoms with Gasteiger partial charge in [0.15, 0.2) is 11.5 Å². The number of pyridine rings is 1. The van der Waals surface area contributed by atoms with Gasteiger partial charge in [-0.05, 0) is 6.92 Å². The molecule has 0 aliphatic rings. The Bertz CT molecular complexity index is 616. The van der Waals surface area contributed by atoms with E-state index in [1.807, 2.05) is 6.92 Å². The zero-order valence-corrected chi connectivity index (χ0v) is 11.3. The number of aryl methyl sites for hydroxylation is 1. The Balaban J connectivity index is 2.38. The molecule has 102 valence electrons. The van der Waals surface area contributed by atoms with Gasteiger partial charge in [-0.15, -0.1) is 0 Å². The minimum atomic E-state index is -0.0610. The molecule has 6 heteroatoms. The van der Waals surface area contributed by atoms with Gasteiger partial charge in [-0.25, -0.2) is 4.79 Å². The Morgan fingerprint density at radius 1 is 1.21 bits per heavy atom. The average molecular weight is 263 g/mol. The number of ether oxygens (including phenoxy) is 2. The van der Waals surface area contributed by atoms with Crippen molar-refractivity contribution in [2.24, 2.45) is 0 Å². The highest BCUT2D eigenvalue weighted by molar-refractivity contribution is 5.42. The molecule has 0 spiro atoms. The van der Waals surface area contributed by atoms with Gasteiger partial charge in [-0.2, -0.15) is 0 Å². The molecule has 0 saturated carbocycles. The predicted octanol–water partition coefficient (Wildman–Crippen LogP) is 1.13. The Hall–Kier alpha value is -2.24. The SMILES string of the molecule is CCn1ccn(Cc2nccc(OC)c2OC)c1=O. The van der Waals surface area contributed by atoms with Crippen LogP contribution in [0, 0.1) is 0 Å². The summed E-state index contributed by atoms with van der Waals surface area (Å²) in [4.78, 5) is 16.2. The second-order valence-electron chi connectivity index (χ2n) is 3.99. The maximum Gasteiger partial charge on any atom is 0.328 e. The Morgan fingerprint density at radius 3 is 2.53 bits per heavy atom. The summed E-state index contributed by atoms with van der Waals surface area (Å²) in [5.41, 5.74) is 0.604. The van der Waals surface area contributed by atoms with Crippen LogP contribution >= 0.6 is 0 Å². The summed E-state index contributed by atoms with van der Waals surface area (Å²) in [6, 6.07) is 1.72. The van der Waals surface area contributed by atoms with Crippen LogP contribution in [0.3, 0.4) is 0 Å². The summed E-state index contributed by atoms with van der Waals surface area (Å²) in [7, 11) is 3.13. The first-order chi connectivity index (χ1) is 9.21. The lowest BCUT2D eigenvalue weighted by atomic mass is 10.3. The zero-order valence-electron chi connectivity index (χ0n) is 11.3. The molecule has 0 atom stereocenters. The van der Waals surface area contributed by atoms with E-state index in [2.05, 4.69) is 4.98 Å². The summed E-state index contributed by atoms with van der Waals surface area (Å²) < 4.78 is 13.7. The van der Waals surface area contributed by atoms with E-state index in [-0.39, 0.29) is 5.69 Å². The van der Waals surface area contributed by atoms with Crippen LogP contribution in [0.4, 0.5) is 0 Å². The number of rotatable bonds is 5. The molecule has 0 radical (unpaired) electrons. The highest BCUT2D eigenvalue weighted by Gasteiger charge is 2.12. The first kappa shape index (κ1) is 13.2. The molecular formula is C13H17N3O3. The molecular weight excluding hydrogens is 246 g/mol. The van der Waals surface area contributed by atoms with Crippen LogP contribution in [-0.4, -0.2) is 28.3 Å². The molecule has 6 nitrogen and oxygen atoms in total. The lowest BCUT2D eigenvalue weighted by Crippen LogP contribution is -2.24. The van der Waals surface area contributed by atoms with Crippen molar-refractivity contribution in [3.05, 3.63) is 40.8 Å². The van der Waals surface area contributed by atoms with Crippen molar-refractivity contribution >= 4 is 0 Å². The molecule has 0 amide bonds. The molecule has 0 unspecified atom stereocenters. The molecule has 2 aromatic rings. The van der Waals surface area contributed by atoms with E-state index < -0.39 is 0 Å². The lowest BCUT2D eigenvalue weighted by molar-refractivity contribution is 0.348. The molecule has 0 aliphatic carbocycles. The number of hydrogen-bond acceptors (Lipinski definition) is 4. The first-order valence-electron chi connectivity index (χ1n) is 6.02. The fourth-order valence-corrected chi connectivity index (χ4v) is 1.94. The third kappa shape index (κ3) is 2.47. The summed E-state index contributed by atoms with van der Waals surface area (Å²) in [6.45, 7) is 2.93. The van der Waals surface area contributed by atoms with E-state index in [4.69, 9.17) is 9.47 Å². The molecule has 0 bridgehead atoms. The number of nitrogens with zero attached hydrogens (tertiary/aromatic N) is 3. The van der Waals surface area contributed by atoms with E-state index in [9.17, 15) is 4.79 Å². The van der Waals surface area contributed by atoms with Crippen LogP contribution in [0.2, 0.25) is 0 Å². The standard InChI is InChI=1S/C13H17N3O3/c1-4-15-7-8-16(13(15)17)9-10-12(19-3)11(18-2)5-6-14-10/h5-8H,4,9H2,1-3H3. The second kappa shape index (κ2) is 5.60. The van der Waals surface area contributed by atoms with Gasteiger partial charge in [0.1, 0.15) is 5.69 Å². The van der Waals surface area contributed by atoms with Crippen LogP contribution in [0.1, 0.15) is 12.6 Å². The predicted molar refractivity (Wildman–Crippen MR) is 70.8 cm³/mol. The third-order valence-corrected chi connectivity index (χ3v) is 2.94. The fraction of sp³-hybridized carbons (Fsp3) is 0.385. The summed E-state index contributed by atoms with van der Waals surface area (Å²) in [6.07, 6.45) is 5.14. The Morgan fingerprint density at radius 2 is 1.95 bits per heavy atom. The molecule has 0 saturated heterocycles. The van der Waals surface area contributed by atoms with Crippen LogP contribution in [0.15, 0.2) is 29.5 Å². The van der Waals surface area contributed by atoms with Gasteiger partial charge in [0.05, 0.1) is 20.8 Å². The van der Waals surface area contributed by atoms with Gasteiger partial charge in [0.25, 0.3) is 0 Å². The molecule has 0 N–H and O–H groups in total. The lowest BCUT2D eigenvalue weighted by Gasteiger charge is -2.11. The normalized spacial score (nSPS) is 10.5. The maximum atomic E-state index is 12.0. The van der Waals surface area contributed by atoms with Gasteiger partial charge in [0.2, 0.25) is 0 Å². The van der Waals surface area contributed by atoms with E-state index in [1.165, 1.54) is 0 Å². The zero-order chi connectivity index (χ0) is 13.8. The molecule has 0 aromatic carbocycles. The smallest absolute Gasteiger partial charge is 0.328 e. The number of methoxy groups -OCH3 is 2. The van der Waals surface area contributed by atoms with Crippen molar-refractivity contribution in [3.63, 3.8) is 0 Å². The van der Waals surface area contributed by atoms with Gasteiger partial charge < -0.3 is 9.47 Å². The molecule has 2 heterocycles. The molecule has 2 rings (SSSR count). The Labute approximate surface area is 111 Å². The number of aromatic nitrogens is 3. The average Bonchev–Trinajstić information content (AvgIpc) is 2.79. The number of hydrogen-bond donors (Lipinski definition) is 0. The van der Waals surface area contributed by atoms with Gasteiger partial charge >= 0.3 is 5.69 Å². The van der Waals surface area contributed by atoms with Crippen LogP contribution in [0.5, 0.6) is 11.5 Å². The van der Waals surface area contributed by atoms with Crippen LogP contribution in [-0.2, 0) is 13.1 Å². The topological polar surface area (TPSA) is 58.3 Å². The molecule has 0 aliphatic heterocycles. The molecule has 19 heavy (non-hydrogen) atoms. The molecule has 2 aromatic heterocycles. The minimum Gasteiger partial charge on any atom is -0.493 e. The van der Waals surface area contributed by atoms with Crippen LogP contribution < -0.4 is 15.2 Å². The minimum absolute atomic E-state index is 0.0610.